The fraction of sp³-hybridized carbons (Fsp3) is 0.0769. The highest BCUT2D eigenvalue weighted by Gasteiger charge is 2.23. The highest BCUT2D eigenvalue weighted by atomic mass is 19.1. The van der Waals surface area contributed by atoms with Crippen molar-refractivity contribution in [1.82, 2.24) is 9.38 Å². The second-order valence-corrected chi connectivity index (χ2v) is 7.63. The molecule has 0 fully saturated rings. The SMILES string of the molecule is COc1ccc2c(c1OC)c(=O)n1c3ccccc3c3c(-c4ccc(F)cc4)cnc2c31. The third kappa shape index (κ3) is 2.32. The normalized spacial score (nSPS) is 11.7. The van der Waals surface area contributed by atoms with Crippen LogP contribution in [0.15, 0.2) is 71.7 Å². The predicted octanol–water partition coefficient (Wildman–Crippen LogP) is 5.42. The van der Waals surface area contributed by atoms with E-state index in [4.69, 9.17) is 14.5 Å². The van der Waals surface area contributed by atoms with Crippen LogP contribution in [0.25, 0.3) is 49.2 Å². The molecule has 0 amide bonds. The predicted molar refractivity (Wildman–Crippen MR) is 124 cm³/mol. The molecule has 0 radical (unpaired) electrons. The molecule has 5 nitrogen and oxygen atoms in total. The van der Waals surface area contributed by atoms with Gasteiger partial charge in [0, 0.05) is 27.9 Å². The molecule has 0 N–H and O–H groups in total. The van der Waals surface area contributed by atoms with Gasteiger partial charge in [0.2, 0.25) is 0 Å². The number of ether oxygens (including phenoxy) is 2. The zero-order valence-electron chi connectivity index (χ0n) is 17.3. The molecule has 0 saturated heterocycles. The van der Waals surface area contributed by atoms with Crippen LogP contribution in [0.5, 0.6) is 11.5 Å². The van der Waals surface area contributed by atoms with Crippen LogP contribution in [0.2, 0.25) is 0 Å². The van der Waals surface area contributed by atoms with E-state index in [-0.39, 0.29) is 11.4 Å². The van der Waals surface area contributed by atoms with E-state index >= 15 is 0 Å². The van der Waals surface area contributed by atoms with Crippen molar-refractivity contribution in [3.63, 3.8) is 0 Å². The summed E-state index contributed by atoms with van der Waals surface area (Å²) in [4.78, 5) is 18.6. The van der Waals surface area contributed by atoms with Crippen LogP contribution in [0.4, 0.5) is 4.39 Å². The summed E-state index contributed by atoms with van der Waals surface area (Å²) in [5, 5.41) is 2.95. The Morgan fingerprint density at radius 2 is 1.66 bits per heavy atom. The Morgan fingerprint density at radius 3 is 2.41 bits per heavy atom. The summed E-state index contributed by atoms with van der Waals surface area (Å²) < 4.78 is 26.3. The van der Waals surface area contributed by atoms with Gasteiger partial charge in [-0.2, -0.15) is 0 Å². The number of para-hydroxylation sites is 1. The van der Waals surface area contributed by atoms with Gasteiger partial charge in [0.15, 0.2) is 11.5 Å². The molecule has 6 heteroatoms. The Balaban J connectivity index is 1.91. The molecule has 0 unspecified atom stereocenters. The molecule has 3 heterocycles. The van der Waals surface area contributed by atoms with Crippen molar-refractivity contribution in [1.29, 1.82) is 0 Å². The second kappa shape index (κ2) is 6.65. The summed E-state index contributed by atoms with van der Waals surface area (Å²) in [5.41, 5.74) is 3.68. The Hall–Kier alpha value is -4.19. The smallest absolute Gasteiger partial charge is 0.267 e. The molecular weight excluding hydrogens is 407 g/mol. The summed E-state index contributed by atoms with van der Waals surface area (Å²) in [6, 6.07) is 17.7. The van der Waals surface area contributed by atoms with Gasteiger partial charge >= 0.3 is 0 Å². The summed E-state index contributed by atoms with van der Waals surface area (Å²) in [6.07, 6.45) is 1.79. The standard InChI is InChI=1S/C26H17FN2O3/c1-31-20-12-11-17-22(25(20)32-2)26(30)29-19-6-4-3-5-16(19)21-18(13-28-23(17)24(21)29)14-7-9-15(27)10-8-14/h3-13H,1-2H3. The van der Waals surface area contributed by atoms with Crippen molar-refractivity contribution in [2.45, 2.75) is 0 Å². The van der Waals surface area contributed by atoms with Crippen LogP contribution in [-0.2, 0) is 0 Å². The summed E-state index contributed by atoms with van der Waals surface area (Å²) >= 11 is 0. The third-order valence-electron chi connectivity index (χ3n) is 6.06. The lowest BCUT2D eigenvalue weighted by atomic mass is 10.00. The van der Waals surface area contributed by atoms with E-state index in [1.54, 1.807) is 35.9 Å². The van der Waals surface area contributed by atoms with Crippen LogP contribution in [-0.4, -0.2) is 23.6 Å². The van der Waals surface area contributed by atoms with Crippen molar-refractivity contribution in [3.8, 4) is 22.6 Å². The zero-order chi connectivity index (χ0) is 22.0. The van der Waals surface area contributed by atoms with E-state index in [2.05, 4.69) is 0 Å². The van der Waals surface area contributed by atoms with Crippen LogP contribution in [0.1, 0.15) is 0 Å². The molecule has 0 aliphatic carbocycles. The van der Waals surface area contributed by atoms with E-state index in [1.807, 2.05) is 30.3 Å². The Labute approximate surface area is 181 Å². The van der Waals surface area contributed by atoms with Gasteiger partial charge < -0.3 is 9.47 Å². The molecule has 6 aromatic rings. The van der Waals surface area contributed by atoms with Crippen molar-refractivity contribution >= 4 is 38.1 Å². The number of aromatic nitrogens is 2. The molecule has 156 valence electrons. The molecule has 3 aromatic carbocycles. The monoisotopic (exact) mass is 424 g/mol. The van der Waals surface area contributed by atoms with E-state index in [9.17, 15) is 9.18 Å². The topological polar surface area (TPSA) is 52.8 Å². The number of pyridine rings is 2. The largest absolute Gasteiger partial charge is 0.493 e. The lowest BCUT2D eigenvalue weighted by Gasteiger charge is -2.13. The van der Waals surface area contributed by atoms with E-state index in [1.165, 1.54) is 19.2 Å². The Kier molecular flexibility index (Phi) is 3.86. The maximum absolute atomic E-state index is 13.9. The minimum absolute atomic E-state index is 0.201. The molecular formula is C26H17FN2O3. The van der Waals surface area contributed by atoms with Crippen LogP contribution in [0, 0.1) is 5.82 Å². The molecule has 0 bridgehead atoms. The number of fused-ring (bicyclic) bond motifs is 5. The number of nitrogens with zero attached hydrogens (tertiary/aromatic N) is 2. The van der Waals surface area contributed by atoms with Crippen LogP contribution < -0.4 is 15.0 Å². The van der Waals surface area contributed by atoms with Gasteiger partial charge in [0.05, 0.1) is 36.2 Å². The number of hydrogen-bond acceptors (Lipinski definition) is 4. The average molecular weight is 424 g/mol. The highest BCUT2D eigenvalue weighted by molar-refractivity contribution is 6.23. The lowest BCUT2D eigenvalue weighted by molar-refractivity contribution is 0.358. The fourth-order valence-electron chi connectivity index (χ4n) is 4.70. The van der Waals surface area contributed by atoms with Gasteiger partial charge in [0.25, 0.3) is 5.56 Å². The van der Waals surface area contributed by atoms with Gasteiger partial charge in [-0.3, -0.25) is 14.2 Å². The van der Waals surface area contributed by atoms with Gasteiger partial charge in [-0.25, -0.2) is 4.39 Å². The Bertz CT molecular complexity index is 1720. The van der Waals surface area contributed by atoms with Gasteiger partial charge in [-0.05, 0) is 35.9 Å². The Morgan fingerprint density at radius 1 is 0.875 bits per heavy atom. The average Bonchev–Trinajstić information content (AvgIpc) is 3.18. The van der Waals surface area contributed by atoms with E-state index in [0.717, 1.165) is 32.9 Å². The second-order valence-electron chi connectivity index (χ2n) is 7.63. The zero-order valence-corrected chi connectivity index (χ0v) is 17.3. The highest BCUT2D eigenvalue weighted by Crippen LogP contribution is 2.42. The number of benzene rings is 3. The van der Waals surface area contributed by atoms with Crippen molar-refractivity contribution in [2.24, 2.45) is 0 Å². The van der Waals surface area contributed by atoms with Crippen LogP contribution >= 0.6 is 0 Å². The first-order valence-electron chi connectivity index (χ1n) is 10.1. The first kappa shape index (κ1) is 18.6. The molecule has 0 atom stereocenters. The van der Waals surface area contributed by atoms with E-state index < -0.39 is 0 Å². The molecule has 32 heavy (non-hydrogen) atoms. The van der Waals surface area contributed by atoms with Crippen molar-refractivity contribution in [3.05, 3.63) is 83.0 Å². The minimum atomic E-state index is -0.303. The number of halogens is 1. The molecule has 3 aromatic heterocycles. The van der Waals surface area contributed by atoms with Gasteiger partial charge in [-0.15, -0.1) is 0 Å². The maximum atomic E-state index is 13.9. The van der Waals surface area contributed by atoms with Gasteiger partial charge in [-0.1, -0.05) is 30.3 Å². The summed E-state index contributed by atoms with van der Waals surface area (Å²) in [6.45, 7) is 0. The molecule has 6 rings (SSSR count). The molecule has 0 aliphatic heterocycles. The molecule has 0 spiro atoms. The molecule has 0 saturated carbocycles. The quantitative estimate of drug-likeness (QED) is 0.356. The van der Waals surface area contributed by atoms with Gasteiger partial charge in [0.1, 0.15) is 5.82 Å². The van der Waals surface area contributed by atoms with Crippen molar-refractivity contribution in [2.75, 3.05) is 14.2 Å². The number of rotatable bonds is 3. The number of methoxy groups -OCH3 is 2. The first-order chi connectivity index (χ1) is 15.6. The minimum Gasteiger partial charge on any atom is -0.493 e. The molecule has 0 aliphatic rings. The maximum Gasteiger partial charge on any atom is 0.267 e. The third-order valence-corrected chi connectivity index (χ3v) is 6.06. The number of hydrogen-bond donors (Lipinski definition) is 0. The fourth-order valence-corrected chi connectivity index (χ4v) is 4.70. The summed E-state index contributed by atoms with van der Waals surface area (Å²) in [5.74, 6) is 0.568. The van der Waals surface area contributed by atoms with Crippen molar-refractivity contribution < 1.29 is 13.9 Å². The first-order valence-corrected chi connectivity index (χ1v) is 10.1. The summed E-state index contributed by atoms with van der Waals surface area (Å²) in [7, 11) is 3.07. The van der Waals surface area contributed by atoms with E-state index in [0.29, 0.717) is 27.8 Å². The van der Waals surface area contributed by atoms with Crippen LogP contribution in [0.3, 0.4) is 0 Å². The lowest BCUT2D eigenvalue weighted by Crippen LogP contribution is -2.14.